The molecule has 5 heterocycles. The fourth-order valence-corrected chi connectivity index (χ4v) is 3.71. The number of hydrogen-bond acceptors (Lipinski definition) is 8. The molecule has 9 nitrogen and oxygen atoms in total. The normalized spacial score (nSPS) is 19.9. The lowest BCUT2D eigenvalue weighted by molar-refractivity contribution is 0.101. The first-order chi connectivity index (χ1) is 13.3. The molecule has 5 rings (SSSR count). The van der Waals surface area contributed by atoms with E-state index in [1.807, 2.05) is 12.1 Å². The summed E-state index contributed by atoms with van der Waals surface area (Å²) in [6.45, 7) is 5.17. The molecule has 0 saturated carbocycles. The number of rotatable bonds is 3. The standard InChI is InChI=1S/C18H21N7O2/c1-12-20-18(27-23-12)13-4-5-15(19-11-13)24-7-6-16-21-22-17(25(16)9-8-24)14-3-2-10-26-14/h4-5,11,14H,2-3,6-10H2,1H3/t14-/m1/s1. The molecule has 27 heavy (non-hydrogen) atoms. The number of nitrogens with zero attached hydrogens (tertiary/aromatic N) is 7. The van der Waals surface area contributed by atoms with Crippen LogP contribution in [0, 0.1) is 6.92 Å². The molecule has 0 bridgehead atoms. The first-order valence-corrected chi connectivity index (χ1v) is 9.33. The van der Waals surface area contributed by atoms with E-state index >= 15 is 0 Å². The summed E-state index contributed by atoms with van der Waals surface area (Å²) in [5.74, 6) is 4.05. The minimum absolute atomic E-state index is 0.0908. The molecule has 0 aromatic carbocycles. The predicted molar refractivity (Wildman–Crippen MR) is 96.1 cm³/mol. The average molecular weight is 367 g/mol. The number of anilines is 1. The van der Waals surface area contributed by atoms with Crippen LogP contribution in [0.3, 0.4) is 0 Å². The van der Waals surface area contributed by atoms with Gasteiger partial charge in [0.25, 0.3) is 5.89 Å². The van der Waals surface area contributed by atoms with E-state index in [4.69, 9.17) is 9.26 Å². The molecule has 1 atom stereocenters. The zero-order chi connectivity index (χ0) is 18.2. The monoisotopic (exact) mass is 367 g/mol. The maximum atomic E-state index is 5.80. The van der Waals surface area contributed by atoms with Gasteiger partial charge in [-0.3, -0.25) is 0 Å². The van der Waals surface area contributed by atoms with Crippen molar-refractivity contribution in [1.82, 2.24) is 29.9 Å². The summed E-state index contributed by atoms with van der Waals surface area (Å²) in [5.41, 5.74) is 0.826. The van der Waals surface area contributed by atoms with Crippen LogP contribution in [-0.4, -0.2) is 49.6 Å². The molecular formula is C18H21N7O2. The molecule has 3 aromatic heterocycles. The average Bonchev–Trinajstić information content (AvgIpc) is 3.41. The van der Waals surface area contributed by atoms with Crippen molar-refractivity contribution < 1.29 is 9.26 Å². The Bertz CT molecular complexity index is 928. The number of pyridine rings is 1. The fraction of sp³-hybridized carbons (Fsp3) is 0.500. The van der Waals surface area contributed by atoms with Crippen LogP contribution in [0.5, 0.6) is 0 Å². The van der Waals surface area contributed by atoms with Gasteiger partial charge in [-0.15, -0.1) is 10.2 Å². The number of hydrogen-bond donors (Lipinski definition) is 0. The molecule has 2 aliphatic heterocycles. The third kappa shape index (κ3) is 3.08. The molecule has 1 fully saturated rings. The molecule has 0 aliphatic carbocycles. The molecule has 0 unspecified atom stereocenters. The molecule has 1 saturated heterocycles. The van der Waals surface area contributed by atoms with Crippen LogP contribution in [0.1, 0.15) is 36.4 Å². The maximum Gasteiger partial charge on any atom is 0.259 e. The highest BCUT2D eigenvalue weighted by molar-refractivity contribution is 5.54. The summed E-state index contributed by atoms with van der Waals surface area (Å²) < 4.78 is 13.2. The molecular weight excluding hydrogens is 346 g/mol. The molecule has 0 N–H and O–H groups in total. The van der Waals surface area contributed by atoms with Crippen molar-refractivity contribution >= 4 is 5.82 Å². The SMILES string of the molecule is Cc1noc(-c2ccc(N3CCc4nnc([C@H]5CCCO5)n4CC3)nc2)n1. The Morgan fingerprint density at radius 1 is 1.15 bits per heavy atom. The van der Waals surface area contributed by atoms with Gasteiger partial charge in [-0.05, 0) is 31.9 Å². The van der Waals surface area contributed by atoms with E-state index in [0.717, 1.165) is 68.5 Å². The van der Waals surface area contributed by atoms with E-state index in [-0.39, 0.29) is 6.10 Å². The zero-order valence-electron chi connectivity index (χ0n) is 15.2. The van der Waals surface area contributed by atoms with Crippen molar-refractivity contribution in [3.63, 3.8) is 0 Å². The maximum absolute atomic E-state index is 5.80. The Hall–Kier alpha value is -2.81. The second-order valence-corrected chi connectivity index (χ2v) is 6.92. The van der Waals surface area contributed by atoms with Gasteiger partial charge in [-0.2, -0.15) is 4.98 Å². The molecule has 0 radical (unpaired) electrons. The summed E-state index contributed by atoms with van der Waals surface area (Å²) in [6, 6.07) is 3.97. The highest BCUT2D eigenvalue weighted by atomic mass is 16.5. The molecule has 9 heteroatoms. The van der Waals surface area contributed by atoms with Gasteiger partial charge in [-0.1, -0.05) is 5.16 Å². The molecule has 3 aromatic rings. The fourth-order valence-electron chi connectivity index (χ4n) is 3.71. The summed E-state index contributed by atoms with van der Waals surface area (Å²) in [5, 5.41) is 12.6. The van der Waals surface area contributed by atoms with E-state index < -0.39 is 0 Å². The van der Waals surface area contributed by atoms with Crippen molar-refractivity contribution in [1.29, 1.82) is 0 Å². The van der Waals surface area contributed by atoms with Gasteiger partial charge in [0.15, 0.2) is 11.6 Å². The van der Waals surface area contributed by atoms with Crippen LogP contribution in [0.4, 0.5) is 5.82 Å². The smallest absolute Gasteiger partial charge is 0.259 e. The van der Waals surface area contributed by atoms with Crippen LogP contribution >= 0.6 is 0 Å². The van der Waals surface area contributed by atoms with Gasteiger partial charge in [0, 0.05) is 38.9 Å². The first kappa shape index (κ1) is 16.4. The van der Waals surface area contributed by atoms with Crippen molar-refractivity contribution in [3.05, 3.63) is 35.8 Å². The predicted octanol–water partition coefficient (Wildman–Crippen LogP) is 1.95. The first-order valence-electron chi connectivity index (χ1n) is 9.33. The third-order valence-corrected chi connectivity index (χ3v) is 5.12. The minimum Gasteiger partial charge on any atom is -0.370 e. The Balaban J connectivity index is 1.32. The third-order valence-electron chi connectivity index (χ3n) is 5.12. The van der Waals surface area contributed by atoms with Crippen molar-refractivity contribution in [2.75, 3.05) is 24.6 Å². The van der Waals surface area contributed by atoms with E-state index in [1.54, 1.807) is 13.1 Å². The number of aromatic nitrogens is 6. The topological polar surface area (TPSA) is 95.0 Å². The number of aryl methyl sites for hydroxylation is 1. The molecule has 2 aliphatic rings. The van der Waals surface area contributed by atoms with Crippen LogP contribution < -0.4 is 4.90 Å². The molecule has 0 amide bonds. The van der Waals surface area contributed by atoms with E-state index in [1.165, 1.54) is 0 Å². The Kier molecular flexibility index (Phi) is 4.08. The van der Waals surface area contributed by atoms with Gasteiger partial charge < -0.3 is 18.7 Å². The van der Waals surface area contributed by atoms with Gasteiger partial charge in [0.1, 0.15) is 17.7 Å². The lowest BCUT2D eigenvalue weighted by Gasteiger charge is -2.21. The van der Waals surface area contributed by atoms with Crippen molar-refractivity contribution in [2.45, 2.75) is 38.8 Å². The largest absolute Gasteiger partial charge is 0.370 e. The van der Waals surface area contributed by atoms with E-state index in [2.05, 4.69) is 34.8 Å². The van der Waals surface area contributed by atoms with Crippen LogP contribution in [0.25, 0.3) is 11.5 Å². The second kappa shape index (κ2) is 6.73. The van der Waals surface area contributed by atoms with Gasteiger partial charge in [0.2, 0.25) is 0 Å². The van der Waals surface area contributed by atoms with Crippen LogP contribution in [0.15, 0.2) is 22.9 Å². The summed E-state index contributed by atoms with van der Waals surface area (Å²) in [7, 11) is 0. The Labute approximate surface area is 156 Å². The molecule has 140 valence electrons. The van der Waals surface area contributed by atoms with Gasteiger partial charge >= 0.3 is 0 Å². The zero-order valence-corrected chi connectivity index (χ0v) is 15.2. The van der Waals surface area contributed by atoms with Crippen LogP contribution in [-0.2, 0) is 17.7 Å². The van der Waals surface area contributed by atoms with Crippen molar-refractivity contribution in [2.24, 2.45) is 0 Å². The number of ether oxygens (including phenoxy) is 1. The second-order valence-electron chi connectivity index (χ2n) is 6.92. The summed E-state index contributed by atoms with van der Waals surface area (Å²) in [6.07, 6.45) is 4.83. The minimum atomic E-state index is 0.0908. The van der Waals surface area contributed by atoms with Crippen LogP contribution in [0.2, 0.25) is 0 Å². The molecule has 0 spiro atoms. The number of fused-ring (bicyclic) bond motifs is 1. The Morgan fingerprint density at radius 2 is 2.11 bits per heavy atom. The highest BCUT2D eigenvalue weighted by Gasteiger charge is 2.27. The lowest BCUT2D eigenvalue weighted by atomic mass is 10.2. The van der Waals surface area contributed by atoms with E-state index in [9.17, 15) is 0 Å². The van der Waals surface area contributed by atoms with E-state index in [0.29, 0.717) is 11.7 Å². The summed E-state index contributed by atoms with van der Waals surface area (Å²) >= 11 is 0. The van der Waals surface area contributed by atoms with Gasteiger partial charge in [-0.25, -0.2) is 4.98 Å². The highest BCUT2D eigenvalue weighted by Crippen LogP contribution is 2.28. The quantitative estimate of drug-likeness (QED) is 0.693. The summed E-state index contributed by atoms with van der Waals surface area (Å²) in [4.78, 5) is 11.1. The Morgan fingerprint density at radius 3 is 2.85 bits per heavy atom. The van der Waals surface area contributed by atoms with Gasteiger partial charge in [0.05, 0.1) is 5.56 Å². The van der Waals surface area contributed by atoms with Crippen molar-refractivity contribution in [3.8, 4) is 11.5 Å². The lowest BCUT2D eigenvalue weighted by Crippen LogP contribution is -2.27.